The minimum absolute atomic E-state index is 0.0785. The number of halogens is 2. The predicted molar refractivity (Wildman–Crippen MR) is 181 cm³/mol. The molecule has 0 bridgehead atoms. The summed E-state index contributed by atoms with van der Waals surface area (Å²) in [5.74, 6) is 0. The Morgan fingerprint density at radius 3 is 1.26 bits per heavy atom. The van der Waals surface area contributed by atoms with Crippen LogP contribution < -0.4 is 27.0 Å². The summed E-state index contributed by atoms with van der Waals surface area (Å²) in [5.41, 5.74) is 9.46. The van der Waals surface area contributed by atoms with Crippen molar-refractivity contribution in [3.8, 4) is 0 Å². The molecule has 7 heteroatoms. The Morgan fingerprint density at radius 2 is 0.949 bits per heavy atom. The fraction of sp³-hybridized carbons (Fsp3) is 0.438. The van der Waals surface area contributed by atoms with Gasteiger partial charge in [0.15, 0.2) is 0 Å². The van der Waals surface area contributed by atoms with Gasteiger partial charge >= 0.3 is 34.5 Å². The quantitative estimate of drug-likeness (QED) is 0.202. The molecule has 2 N–H and O–H groups in total. The Balaban J connectivity index is 0.000000200. The molecule has 0 unspecified atom stereocenters. The van der Waals surface area contributed by atoms with Crippen molar-refractivity contribution in [2.45, 2.75) is 76.0 Å². The SMILES string of the molecule is C[C@@H]1CC[C@@H](C)P1c1ccccc1P1[C@H](C)CC[C@H]1C.NCCP(c1ccccc1)c1ccccc1.[Cl][Ru][Cl]. The van der Waals surface area contributed by atoms with E-state index >= 15 is 0 Å². The third-order valence-corrected chi connectivity index (χ3v) is 17.3. The molecule has 0 radical (unpaired) electrons. The molecule has 2 fully saturated rings. The van der Waals surface area contributed by atoms with Gasteiger partial charge in [0.05, 0.1) is 0 Å². The number of benzene rings is 3. The van der Waals surface area contributed by atoms with Crippen molar-refractivity contribution in [3.63, 3.8) is 0 Å². The Hall–Kier alpha value is 0.113. The van der Waals surface area contributed by atoms with Gasteiger partial charge in [-0.1, -0.05) is 128 Å². The Morgan fingerprint density at radius 1 is 0.641 bits per heavy atom. The van der Waals surface area contributed by atoms with Gasteiger partial charge in [-0.2, -0.15) is 0 Å². The first-order valence-electron chi connectivity index (χ1n) is 14.0. The summed E-state index contributed by atoms with van der Waals surface area (Å²) >= 11 is -0.346. The molecule has 0 saturated carbocycles. The Labute approximate surface area is 257 Å². The van der Waals surface area contributed by atoms with E-state index in [0.717, 1.165) is 35.3 Å². The molecule has 3 aromatic rings. The molecule has 1 nitrogen and oxygen atoms in total. The van der Waals surface area contributed by atoms with Crippen LogP contribution in [0.5, 0.6) is 0 Å². The summed E-state index contributed by atoms with van der Waals surface area (Å²) < 4.78 is 0. The topological polar surface area (TPSA) is 26.0 Å². The molecule has 5 rings (SSSR count). The van der Waals surface area contributed by atoms with E-state index in [-0.39, 0.29) is 38.9 Å². The summed E-state index contributed by atoms with van der Waals surface area (Å²) in [4.78, 5) is 0. The van der Waals surface area contributed by atoms with E-state index in [0.29, 0.717) is 0 Å². The standard InChI is InChI=1S/C18H28P2.C14H16NP.2ClH.Ru/c1-13-9-10-14(2)19(13)17-7-5-6-8-18(17)20-15(3)11-12-16(20)4;15-11-12-16(13-7-3-1-4-8-13)14-9-5-2-6-10-14;;;/h5-8,13-16H,9-12H2,1-4H3;1-10H,11-12,15H2;2*1H;/q;;;;+2/p-2/t13-,14-,15-,16-;;;;/m1..../s1. The Kier molecular flexibility index (Phi) is 15.5. The van der Waals surface area contributed by atoms with Gasteiger partial charge in [-0.05, 0) is 90.2 Å². The molecule has 2 aliphatic rings. The molecular formula is C32H44Cl2NP3Ru. The first kappa shape index (κ1) is 33.6. The molecule has 0 aliphatic carbocycles. The molecule has 2 heterocycles. The Bertz CT molecular complexity index is 989. The number of hydrogen-bond acceptors (Lipinski definition) is 1. The maximum atomic E-state index is 5.72. The maximum absolute atomic E-state index is 5.72. The molecular weight excluding hydrogens is 663 g/mol. The van der Waals surface area contributed by atoms with Crippen LogP contribution in [0.2, 0.25) is 0 Å². The van der Waals surface area contributed by atoms with Crippen LogP contribution in [0.3, 0.4) is 0 Å². The molecule has 39 heavy (non-hydrogen) atoms. The summed E-state index contributed by atoms with van der Waals surface area (Å²) in [6.07, 6.45) is 6.85. The van der Waals surface area contributed by atoms with Gasteiger partial charge in [-0.15, -0.1) is 0 Å². The van der Waals surface area contributed by atoms with Crippen molar-refractivity contribution in [1.29, 1.82) is 0 Å². The van der Waals surface area contributed by atoms with Crippen LogP contribution in [0.25, 0.3) is 0 Å². The number of nitrogens with two attached hydrogens (primary N) is 1. The average molecular weight is 708 g/mol. The van der Waals surface area contributed by atoms with Crippen molar-refractivity contribution in [2.24, 2.45) is 5.73 Å². The molecule has 214 valence electrons. The third kappa shape index (κ3) is 9.56. The molecule has 0 aromatic heterocycles. The van der Waals surface area contributed by atoms with Gasteiger partial charge in [0, 0.05) is 0 Å². The molecule has 0 spiro atoms. The number of hydrogen-bond donors (Lipinski definition) is 1. The van der Waals surface area contributed by atoms with Crippen LogP contribution in [0.4, 0.5) is 0 Å². The van der Waals surface area contributed by atoms with Crippen LogP contribution in [0.15, 0.2) is 84.9 Å². The molecule has 2 aliphatic heterocycles. The molecule has 3 aromatic carbocycles. The summed E-state index contributed by atoms with van der Waals surface area (Å²) in [5, 5.41) is 6.39. The van der Waals surface area contributed by atoms with Crippen molar-refractivity contribution in [1.82, 2.24) is 0 Å². The van der Waals surface area contributed by atoms with E-state index in [1.165, 1.54) is 36.3 Å². The summed E-state index contributed by atoms with van der Waals surface area (Å²) in [6, 6.07) is 30.9. The van der Waals surface area contributed by atoms with E-state index in [1.54, 1.807) is 10.6 Å². The van der Waals surface area contributed by atoms with Gasteiger partial charge in [0.1, 0.15) is 0 Å². The van der Waals surface area contributed by atoms with Gasteiger partial charge in [0.25, 0.3) is 0 Å². The van der Waals surface area contributed by atoms with Crippen LogP contribution in [0.1, 0.15) is 53.4 Å². The van der Waals surface area contributed by atoms with E-state index in [1.807, 2.05) is 0 Å². The summed E-state index contributed by atoms with van der Waals surface area (Å²) in [6.45, 7) is 10.7. The van der Waals surface area contributed by atoms with Crippen LogP contribution in [-0.2, 0) is 15.1 Å². The second kappa shape index (κ2) is 17.9. The fourth-order valence-corrected chi connectivity index (χ4v) is 15.4. The zero-order valence-corrected chi connectivity index (χ0v) is 29.6. The number of rotatable bonds is 6. The van der Waals surface area contributed by atoms with E-state index in [4.69, 9.17) is 25.1 Å². The average Bonchev–Trinajstić information content (AvgIpc) is 3.48. The van der Waals surface area contributed by atoms with Gasteiger partial charge in [-0.3, -0.25) is 0 Å². The van der Waals surface area contributed by atoms with Gasteiger partial charge in [0.2, 0.25) is 0 Å². The second-order valence-electron chi connectivity index (χ2n) is 10.5. The first-order chi connectivity index (χ1) is 18.9. The van der Waals surface area contributed by atoms with Gasteiger partial charge < -0.3 is 5.73 Å². The van der Waals surface area contributed by atoms with E-state index in [2.05, 4.69) is 113 Å². The fourth-order valence-electron chi connectivity index (χ4n) is 5.99. The van der Waals surface area contributed by atoms with Crippen molar-refractivity contribution in [2.75, 3.05) is 12.7 Å². The molecule has 4 atom stereocenters. The van der Waals surface area contributed by atoms with Gasteiger partial charge in [-0.25, -0.2) is 0 Å². The zero-order chi connectivity index (χ0) is 28.2. The predicted octanol–water partition coefficient (Wildman–Crippen LogP) is 8.50. The van der Waals surface area contributed by atoms with Crippen LogP contribution >= 0.6 is 43.1 Å². The first-order valence-corrected chi connectivity index (χ1v) is 23.0. The van der Waals surface area contributed by atoms with Crippen LogP contribution in [-0.4, -0.2) is 35.3 Å². The zero-order valence-electron chi connectivity index (χ0n) is 23.7. The van der Waals surface area contributed by atoms with Crippen molar-refractivity contribution in [3.05, 3.63) is 84.9 Å². The summed E-state index contributed by atoms with van der Waals surface area (Å²) in [7, 11) is 9.59. The van der Waals surface area contributed by atoms with Crippen molar-refractivity contribution >= 4 is 64.4 Å². The minimum atomic E-state index is -0.346. The third-order valence-electron chi connectivity index (χ3n) is 7.83. The second-order valence-corrected chi connectivity index (χ2v) is 21.6. The molecule has 2 saturated heterocycles. The monoisotopic (exact) mass is 707 g/mol. The van der Waals surface area contributed by atoms with E-state index in [9.17, 15) is 0 Å². The normalized spacial score (nSPS) is 23.3. The van der Waals surface area contributed by atoms with Crippen LogP contribution in [0, 0.1) is 0 Å². The van der Waals surface area contributed by atoms with Crippen molar-refractivity contribution < 1.29 is 15.1 Å². The van der Waals surface area contributed by atoms with E-state index < -0.39 is 0 Å². The molecule has 0 amide bonds.